The number of alkyl halides is 1. The molecule has 0 bridgehead atoms. The smallest absolute Gasteiger partial charge is 0.410 e. The maximum Gasteiger partial charge on any atom is 0.410 e. The van der Waals surface area contributed by atoms with Gasteiger partial charge in [-0.2, -0.15) is 10.4 Å². The van der Waals surface area contributed by atoms with Crippen molar-refractivity contribution in [3.63, 3.8) is 0 Å². The van der Waals surface area contributed by atoms with Crippen molar-refractivity contribution >= 4 is 17.7 Å². The number of carbonyl (C=O) groups excluding carboxylic acids is 1. The summed E-state index contributed by atoms with van der Waals surface area (Å²) in [6, 6.07) is 6.31. The summed E-state index contributed by atoms with van der Waals surface area (Å²) in [7, 11) is 0. The number of ether oxygens (including phenoxy) is 1. The lowest BCUT2D eigenvalue weighted by Crippen LogP contribution is -2.37. The van der Waals surface area contributed by atoms with Gasteiger partial charge in [0, 0.05) is 17.7 Å². The minimum absolute atomic E-state index is 0.0663. The van der Waals surface area contributed by atoms with Crippen LogP contribution < -0.4 is 0 Å². The zero-order valence-corrected chi connectivity index (χ0v) is 16.9. The number of halogens is 2. The summed E-state index contributed by atoms with van der Waals surface area (Å²) in [4.78, 5) is 18.4. The molecule has 1 amide bonds. The monoisotopic (exact) mass is 405 g/mol. The zero-order chi connectivity index (χ0) is 20.6. The van der Waals surface area contributed by atoms with Gasteiger partial charge in [-0.15, -0.1) is 0 Å². The Morgan fingerprint density at radius 3 is 2.75 bits per heavy atom. The summed E-state index contributed by atoms with van der Waals surface area (Å²) < 4.78 is 21.2. The molecule has 2 aromatic heterocycles. The Balaban J connectivity index is 2.06. The van der Waals surface area contributed by atoms with E-state index in [9.17, 15) is 9.18 Å². The molecule has 9 heteroatoms. The van der Waals surface area contributed by atoms with Crippen LogP contribution in [0.5, 0.6) is 0 Å². The molecular weight excluding hydrogens is 385 g/mol. The highest BCUT2D eigenvalue weighted by Crippen LogP contribution is 2.37. The highest BCUT2D eigenvalue weighted by atomic mass is 35.5. The van der Waals surface area contributed by atoms with Crippen molar-refractivity contribution in [2.24, 2.45) is 0 Å². The molecular formula is C19H21ClFN5O2. The van der Waals surface area contributed by atoms with E-state index in [1.165, 1.54) is 9.58 Å². The van der Waals surface area contributed by atoms with Gasteiger partial charge < -0.3 is 4.74 Å². The van der Waals surface area contributed by atoms with E-state index < -0.39 is 23.9 Å². The number of nitriles is 1. The first-order chi connectivity index (χ1) is 13.1. The highest BCUT2D eigenvalue weighted by molar-refractivity contribution is 6.29. The van der Waals surface area contributed by atoms with E-state index in [1.54, 1.807) is 45.9 Å². The molecule has 2 atom stereocenters. The number of hydrogen-bond donors (Lipinski definition) is 0. The largest absolute Gasteiger partial charge is 0.444 e. The van der Waals surface area contributed by atoms with E-state index in [1.807, 2.05) is 6.07 Å². The first-order valence-electron chi connectivity index (χ1n) is 8.86. The van der Waals surface area contributed by atoms with Gasteiger partial charge in [0.05, 0.1) is 12.6 Å². The number of likely N-dealkylation sites (tertiary alicyclic amines) is 1. The SMILES string of the molecule is Cc1cc(C#N)nn1-c1nc(Cl)ccc1[C@H]1C[C@H](F)CN1C(=O)OC(C)(C)C. The minimum atomic E-state index is -1.19. The lowest BCUT2D eigenvalue weighted by Gasteiger charge is -2.29. The number of carbonyl (C=O) groups is 1. The van der Waals surface area contributed by atoms with Crippen LogP contribution in [0, 0.1) is 18.3 Å². The number of rotatable bonds is 2. The fourth-order valence-electron chi connectivity index (χ4n) is 3.21. The molecule has 7 nitrogen and oxygen atoms in total. The van der Waals surface area contributed by atoms with Crippen LogP contribution in [0.3, 0.4) is 0 Å². The molecule has 2 aromatic rings. The molecule has 0 aliphatic carbocycles. The quantitative estimate of drug-likeness (QED) is 0.701. The van der Waals surface area contributed by atoms with Crippen LogP contribution >= 0.6 is 11.6 Å². The van der Waals surface area contributed by atoms with Crippen molar-refractivity contribution in [2.45, 2.75) is 51.9 Å². The molecule has 28 heavy (non-hydrogen) atoms. The van der Waals surface area contributed by atoms with Crippen molar-refractivity contribution in [1.82, 2.24) is 19.7 Å². The maximum absolute atomic E-state index is 14.3. The Labute approximate surface area is 167 Å². The summed E-state index contributed by atoms with van der Waals surface area (Å²) in [5.74, 6) is 0.360. The molecule has 0 unspecified atom stereocenters. The second-order valence-electron chi connectivity index (χ2n) is 7.72. The number of aryl methyl sites for hydroxylation is 1. The third-order valence-corrected chi connectivity index (χ3v) is 4.52. The third-order valence-electron chi connectivity index (χ3n) is 4.31. The fourth-order valence-corrected chi connectivity index (χ4v) is 3.35. The summed E-state index contributed by atoms with van der Waals surface area (Å²) >= 11 is 6.08. The van der Waals surface area contributed by atoms with Gasteiger partial charge in [-0.05, 0) is 39.8 Å². The van der Waals surface area contributed by atoms with E-state index in [0.717, 1.165) is 0 Å². The minimum Gasteiger partial charge on any atom is -0.444 e. The number of pyridine rings is 1. The molecule has 0 radical (unpaired) electrons. The molecule has 1 fully saturated rings. The predicted octanol–water partition coefficient (Wildman–Crippen LogP) is 4.12. The van der Waals surface area contributed by atoms with Crippen molar-refractivity contribution in [3.05, 3.63) is 40.3 Å². The molecule has 148 valence electrons. The maximum atomic E-state index is 14.3. The van der Waals surface area contributed by atoms with Gasteiger partial charge in [0.25, 0.3) is 0 Å². The lowest BCUT2D eigenvalue weighted by molar-refractivity contribution is 0.0216. The number of aromatic nitrogens is 3. The summed E-state index contributed by atoms with van der Waals surface area (Å²) in [6.45, 7) is 6.99. The predicted molar refractivity (Wildman–Crippen MR) is 101 cm³/mol. The molecule has 1 aliphatic heterocycles. The second-order valence-corrected chi connectivity index (χ2v) is 8.11. The zero-order valence-electron chi connectivity index (χ0n) is 16.1. The van der Waals surface area contributed by atoms with Crippen LogP contribution in [-0.2, 0) is 4.74 Å². The Hall–Kier alpha value is -2.66. The Morgan fingerprint density at radius 2 is 2.14 bits per heavy atom. The number of amides is 1. The van der Waals surface area contributed by atoms with Gasteiger partial charge in [-0.25, -0.2) is 18.9 Å². The van der Waals surface area contributed by atoms with Crippen LogP contribution in [0.2, 0.25) is 5.15 Å². The number of hydrogen-bond acceptors (Lipinski definition) is 5. The van der Waals surface area contributed by atoms with E-state index in [-0.39, 0.29) is 23.8 Å². The average Bonchev–Trinajstić information content (AvgIpc) is 3.16. The summed E-state index contributed by atoms with van der Waals surface area (Å²) in [5.41, 5.74) is 0.790. The van der Waals surface area contributed by atoms with Crippen molar-refractivity contribution < 1.29 is 13.9 Å². The van der Waals surface area contributed by atoms with Crippen molar-refractivity contribution in [2.75, 3.05) is 6.54 Å². The van der Waals surface area contributed by atoms with Crippen LogP contribution in [0.4, 0.5) is 9.18 Å². The van der Waals surface area contributed by atoms with Crippen LogP contribution in [-0.4, -0.2) is 44.1 Å². The Bertz CT molecular complexity index is 947. The van der Waals surface area contributed by atoms with E-state index in [0.29, 0.717) is 17.1 Å². The topological polar surface area (TPSA) is 84.0 Å². The fraction of sp³-hybridized carbons (Fsp3) is 0.474. The highest BCUT2D eigenvalue weighted by Gasteiger charge is 2.40. The summed E-state index contributed by atoms with van der Waals surface area (Å²) in [6.07, 6.45) is -1.66. The first kappa shape index (κ1) is 20.1. The Kier molecular flexibility index (Phi) is 5.31. The van der Waals surface area contributed by atoms with Crippen LogP contribution in [0.1, 0.15) is 50.2 Å². The molecule has 0 N–H and O–H groups in total. The molecule has 0 spiro atoms. The van der Waals surface area contributed by atoms with Gasteiger partial charge in [0.2, 0.25) is 0 Å². The van der Waals surface area contributed by atoms with E-state index >= 15 is 0 Å². The molecule has 3 heterocycles. The molecule has 1 saturated heterocycles. The molecule has 0 saturated carbocycles. The van der Waals surface area contributed by atoms with Gasteiger partial charge in [0.1, 0.15) is 23.0 Å². The Morgan fingerprint density at radius 1 is 1.43 bits per heavy atom. The molecule has 0 aromatic carbocycles. The normalized spacial score (nSPS) is 19.5. The van der Waals surface area contributed by atoms with Gasteiger partial charge in [-0.3, -0.25) is 4.90 Å². The van der Waals surface area contributed by atoms with Crippen LogP contribution in [0.15, 0.2) is 18.2 Å². The van der Waals surface area contributed by atoms with E-state index in [4.69, 9.17) is 21.6 Å². The van der Waals surface area contributed by atoms with E-state index in [2.05, 4.69) is 10.1 Å². The molecule has 3 rings (SSSR count). The number of nitrogens with zero attached hydrogens (tertiary/aromatic N) is 5. The first-order valence-corrected chi connectivity index (χ1v) is 9.24. The standard InChI is InChI=1S/C19H21ClFN5O2/c1-11-7-13(9-22)24-26(11)17-14(5-6-16(20)23-17)15-8-12(21)10-25(15)18(27)28-19(2,3)4/h5-7,12,15H,8,10H2,1-4H3/t12-,15+/m0/s1. The second kappa shape index (κ2) is 7.40. The van der Waals surface area contributed by atoms with Gasteiger partial charge in [0.15, 0.2) is 11.5 Å². The van der Waals surface area contributed by atoms with Crippen molar-refractivity contribution in [1.29, 1.82) is 5.26 Å². The third kappa shape index (κ3) is 4.09. The van der Waals surface area contributed by atoms with Crippen molar-refractivity contribution in [3.8, 4) is 11.9 Å². The average molecular weight is 406 g/mol. The van der Waals surface area contributed by atoms with Crippen LogP contribution in [0.25, 0.3) is 5.82 Å². The summed E-state index contributed by atoms with van der Waals surface area (Å²) in [5, 5.41) is 13.6. The van der Waals surface area contributed by atoms with Gasteiger partial charge >= 0.3 is 6.09 Å². The molecule has 1 aliphatic rings. The lowest BCUT2D eigenvalue weighted by atomic mass is 10.0. The van der Waals surface area contributed by atoms with Gasteiger partial charge in [-0.1, -0.05) is 17.7 Å².